The summed E-state index contributed by atoms with van der Waals surface area (Å²) in [5, 5.41) is 5.45. The highest BCUT2D eigenvalue weighted by Gasteiger charge is 2.16. The van der Waals surface area contributed by atoms with Crippen LogP contribution in [0.3, 0.4) is 0 Å². The van der Waals surface area contributed by atoms with Gasteiger partial charge in [-0.2, -0.15) is 5.10 Å². The molecule has 3 heterocycles. The minimum absolute atomic E-state index is 0.819. The summed E-state index contributed by atoms with van der Waals surface area (Å²) in [6.45, 7) is 4.23. The van der Waals surface area contributed by atoms with E-state index in [2.05, 4.69) is 36.5 Å². The van der Waals surface area contributed by atoms with Crippen LogP contribution in [0.1, 0.15) is 12.2 Å². The van der Waals surface area contributed by atoms with Crippen LogP contribution in [0.25, 0.3) is 5.65 Å². The third-order valence-electron chi connectivity index (χ3n) is 2.77. The molecule has 2 aromatic rings. The van der Waals surface area contributed by atoms with Gasteiger partial charge in [-0.15, -0.1) is 9.24 Å². The zero-order valence-corrected chi connectivity index (χ0v) is 9.80. The highest BCUT2D eigenvalue weighted by Crippen LogP contribution is 2.20. The average Bonchev–Trinajstić information content (AvgIpc) is 2.42. The fraction of sp³-hybridized carbons (Fsp3) is 0.400. The van der Waals surface area contributed by atoms with Gasteiger partial charge in [0.1, 0.15) is 5.82 Å². The van der Waals surface area contributed by atoms with E-state index < -0.39 is 0 Å². The average molecular weight is 220 g/mol. The maximum Gasteiger partial charge on any atom is 0.162 e. The lowest BCUT2D eigenvalue weighted by molar-refractivity contribution is 0.616. The molecule has 2 aromatic heterocycles. The van der Waals surface area contributed by atoms with E-state index >= 15 is 0 Å². The lowest BCUT2D eigenvalue weighted by atomic mass is 10.2. The van der Waals surface area contributed by atoms with Crippen molar-refractivity contribution in [2.75, 3.05) is 18.0 Å². The summed E-state index contributed by atoms with van der Waals surface area (Å²) in [5.41, 5.74) is 2.17. The van der Waals surface area contributed by atoms with Gasteiger partial charge in [0.2, 0.25) is 0 Å². The molecule has 0 bridgehead atoms. The van der Waals surface area contributed by atoms with E-state index in [1.165, 1.54) is 12.1 Å². The normalized spacial score (nSPS) is 15.7. The first-order chi connectivity index (χ1) is 7.24. The van der Waals surface area contributed by atoms with Crippen molar-refractivity contribution >= 4 is 25.9 Å². The summed E-state index contributed by atoms with van der Waals surface area (Å²) < 4.78 is 1.87. The lowest BCUT2D eigenvalue weighted by Gasteiger charge is -2.33. The molecule has 0 aromatic carbocycles. The van der Waals surface area contributed by atoms with E-state index in [1.807, 2.05) is 11.4 Å². The van der Waals surface area contributed by atoms with Gasteiger partial charge in [-0.05, 0) is 19.4 Å². The molecule has 0 amide bonds. The summed E-state index contributed by atoms with van der Waals surface area (Å²) in [5.74, 6) is 0.819. The second-order valence-corrected chi connectivity index (χ2v) is 4.54. The fourth-order valence-corrected chi connectivity index (χ4v) is 2.22. The Morgan fingerprint density at radius 3 is 2.87 bits per heavy atom. The smallest absolute Gasteiger partial charge is 0.162 e. The Balaban J connectivity index is 2.17. The van der Waals surface area contributed by atoms with Gasteiger partial charge in [0, 0.05) is 18.4 Å². The number of nitrogens with zero attached hydrogens (tertiary/aromatic N) is 4. The Labute approximate surface area is 90.5 Å². The maximum atomic E-state index is 4.37. The van der Waals surface area contributed by atoms with Gasteiger partial charge in [0.05, 0.1) is 11.9 Å². The van der Waals surface area contributed by atoms with Crippen molar-refractivity contribution < 1.29 is 0 Å². The molecular formula is C10H13N4P. The molecule has 0 spiro atoms. The first kappa shape index (κ1) is 9.10. The second kappa shape index (κ2) is 3.17. The van der Waals surface area contributed by atoms with E-state index in [1.54, 1.807) is 0 Å². The Morgan fingerprint density at radius 2 is 2.20 bits per heavy atom. The van der Waals surface area contributed by atoms with Crippen molar-refractivity contribution in [1.82, 2.24) is 14.6 Å². The van der Waals surface area contributed by atoms with Crippen molar-refractivity contribution in [2.24, 2.45) is 0 Å². The van der Waals surface area contributed by atoms with Gasteiger partial charge in [-0.3, -0.25) is 0 Å². The van der Waals surface area contributed by atoms with Gasteiger partial charge < -0.3 is 4.90 Å². The van der Waals surface area contributed by atoms with E-state index in [0.29, 0.717) is 0 Å². The zero-order chi connectivity index (χ0) is 10.4. The van der Waals surface area contributed by atoms with E-state index in [0.717, 1.165) is 29.9 Å². The Kier molecular flexibility index (Phi) is 1.93. The minimum atomic E-state index is 0.819. The van der Waals surface area contributed by atoms with Crippen LogP contribution >= 0.6 is 9.24 Å². The molecule has 1 unspecified atom stereocenters. The number of fused-ring (bicyclic) bond motifs is 1. The standard InChI is InChI=1S/C10H13N4P/c1-7-11-10-9(15)5-8(6-14(10)12-7)13-3-2-4-13/h5-6H,2-4,15H2,1H3. The lowest BCUT2D eigenvalue weighted by Crippen LogP contribution is -2.37. The molecule has 1 saturated heterocycles. The van der Waals surface area contributed by atoms with Crippen molar-refractivity contribution in [1.29, 1.82) is 0 Å². The molecule has 78 valence electrons. The van der Waals surface area contributed by atoms with Crippen molar-refractivity contribution in [2.45, 2.75) is 13.3 Å². The number of aryl methyl sites for hydroxylation is 1. The van der Waals surface area contributed by atoms with Crippen LogP contribution in [-0.4, -0.2) is 27.7 Å². The molecule has 0 N–H and O–H groups in total. The fourth-order valence-electron chi connectivity index (χ4n) is 1.85. The number of hydrogen-bond donors (Lipinski definition) is 0. The molecule has 1 fully saturated rings. The molecule has 0 aliphatic carbocycles. The highest BCUT2D eigenvalue weighted by atomic mass is 31.0. The first-order valence-electron chi connectivity index (χ1n) is 5.11. The summed E-state index contributed by atoms with van der Waals surface area (Å²) in [6, 6.07) is 2.16. The van der Waals surface area contributed by atoms with Crippen molar-refractivity contribution in [3.05, 3.63) is 18.1 Å². The zero-order valence-electron chi connectivity index (χ0n) is 8.64. The molecule has 1 aliphatic heterocycles. The number of hydrogen-bond acceptors (Lipinski definition) is 3. The summed E-state index contributed by atoms with van der Waals surface area (Å²) in [6.07, 6.45) is 3.35. The molecule has 0 saturated carbocycles. The van der Waals surface area contributed by atoms with E-state index in [-0.39, 0.29) is 0 Å². The molecule has 1 aliphatic rings. The molecular weight excluding hydrogens is 207 g/mol. The molecule has 15 heavy (non-hydrogen) atoms. The van der Waals surface area contributed by atoms with E-state index in [9.17, 15) is 0 Å². The largest absolute Gasteiger partial charge is 0.370 e. The molecule has 3 rings (SSSR count). The summed E-state index contributed by atoms with van der Waals surface area (Å²) in [4.78, 5) is 6.72. The monoisotopic (exact) mass is 220 g/mol. The van der Waals surface area contributed by atoms with Crippen LogP contribution in [0.5, 0.6) is 0 Å². The van der Waals surface area contributed by atoms with Gasteiger partial charge in [0.25, 0.3) is 0 Å². The Hall–Kier alpha value is -1.15. The highest BCUT2D eigenvalue weighted by molar-refractivity contribution is 7.28. The first-order valence-corrected chi connectivity index (χ1v) is 5.69. The maximum absolute atomic E-state index is 4.37. The topological polar surface area (TPSA) is 33.4 Å². The molecule has 0 radical (unpaired) electrons. The predicted molar refractivity (Wildman–Crippen MR) is 63.9 cm³/mol. The number of pyridine rings is 1. The van der Waals surface area contributed by atoms with Gasteiger partial charge in [-0.25, -0.2) is 9.50 Å². The van der Waals surface area contributed by atoms with Gasteiger partial charge in [0.15, 0.2) is 5.65 Å². The Morgan fingerprint density at radius 1 is 1.40 bits per heavy atom. The SMILES string of the molecule is Cc1nc2c(P)cc(N3CCC3)cn2n1. The van der Waals surface area contributed by atoms with Crippen LogP contribution < -0.4 is 10.2 Å². The number of anilines is 1. The molecule has 1 atom stereocenters. The number of aromatic nitrogens is 3. The van der Waals surface area contributed by atoms with Crippen LogP contribution in [0.15, 0.2) is 12.3 Å². The van der Waals surface area contributed by atoms with Gasteiger partial charge >= 0.3 is 0 Å². The molecule has 5 heteroatoms. The summed E-state index contributed by atoms with van der Waals surface area (Å²) >= 11 is 0. The third-order valence-corrected chi connectivity index (χ3v) is 3.20. The number of rotatable bonds is 1. The quantitative estimate of drug-likeness (QED) is 0.665. The minimum Gasteiger partial charge on any atom is -0.370 e. The second-order valence-electron chi connectivity index (χ2n) is 3.92. The van der Waals surface area contributed by atoms with Gasteiger partial charge in [-0.1, -0.05) is 0 Å². The van der Waals surface area contributed by atoms with E-state index in [4.69, 9.17) is 0 Å². The molecule has 4 nitrogen and oxygen atoms in total. The van der Waals surface area contributed by atoms with Crippen molar-refractivity contribution in [3.8, 4) is 0 Å². The predicted octanol–water partition coefficient (Wildman–Crippen LogP) is 0.748. The summed E-state index contributed by atoms with van der Waals surface area (Å²) in [7, 11) is 2.73. The van der Waals surface area contributed by atoms with Crippen LogP contribution in [0.4, 0.5) is 5.69 Å². The van der Waals surface area contributed by atoms with Crippen LogP contribution in [0, 0.1) is 6.92 Å². The van der Waals surface area contributed by atoms with Crippen molar-refractivity contribution in [3.63, 3.8) is 0 Å². The third kappa shape index (κ3) is 1.40. The Bertz CT molecular complexity index is 515. The van der Waals surface area contributed by atoms with Crippen LogP contribution in [-0.2, 0) is 0 Å². The van der Waals surface area contributed by atoms with Crippen LogP contribution in [0.2, 0.25) is 0 Å².